The number of hydrogen-bond acceptors (Lipinski definition) is 1. The van der Waals surface area contributed by atoms with Crippen LogP contribution < -0.4 is 4.90 Å². The van der Waals surface area contributed by atoms with Crippen LogP contribution in [0.1, 0.15) is 0 Å². The van der Waals surface area contributed by atoms with Crippen molar-refractivity contribution in [2.24, 2.45) is 0 Å². The summed E-state index contributed by atoms with van der Waals surface area (Å²) in [7, 11) is 0. The molecule has 82 heavy (non-hydrogen) atoms. The third-order valence-corrected chi connectivity index (χ3v) is 16.4. The minimum atomic E-state index is 1.06. The Labute approximate surface area is 478 Å². The van der Waals surface area contributed by atoms with Gasteiger partial charge in [0, 0.05) is 33.4 Å². The number of aromatic nitrogens is 1. The molecule has 0 bridgehead atoms. The summed E-state index contributed by atoms with van der Waals surface area (Å²) < 4.78 is 2.43. The molecule has 0 spiro atoms. The molecule has 0 aliphatic carbocycles. The summed E-state index contributed by atoms with van der Waals surface area (Å²) in [6.45, 7) is 0. The first-order valence-electron chi connectivity index (χ1n) is 28.2. The van der Waals surface area contributed by atoms with Crippen molar-refractivity contribution in [1.82, 2.24) is 4.57 Å². The normalized spacial score (nSPS) is 11.4. The molecular weight excluding hydrogens is 989 g/mol. The molecule has 0 radical (unpaired) electrons. The van der Waals surface area contributed by atoms with Gasteiger partial charge >= 0.3 is 0 Å². The van der Waals surface area contributed by atoms with Crippen LogP contribution in [0.5, 0.6) is 0 Å². The topological polar surface area (TPSA) is 8.17 Å². The lowest BCUT2D eigenvalue weighted by Gasteiger charge is -2.27. The maximum Gasteiger partial charge on any atom is 0.0541 e. The molecule has 15 aromatic rings. The molecule has 2 heteroatoms. The van der Waals surface area contributed by atoms with E-state index in [0.29, 0.717) is 0 Å². The zero-order valence-electron chi connectivity index (χ0n) is 45.1. The van der Waals surface area contributed by atoms with Crippen molar-refractivity contribution >= 4 is 60.4 Å². The molecule has 0 unspecified atom stereocenters. The zero-order chi connectivity index (χ0) is 54.3. The van der Waals surface area contributed by atoms with E-state index in [9.17, 15) is 0 Å². The van der Waals surface area contributed by atoms with Gasteiger partial charge in [-0.1, -0.05) is 273 Å². The van der Waals surface area contributed by atoms with Crippen molar-refractivity contribution in [3.63, 3.8) is 0 Å². The quantitative estimate of drug-likeness (QED) is 0.125. The summed E-state index contributed by atoms with van der Waals surface area (Å²) in [5.74, 6) is 0. The van der Waals surface area contributed by atoms with Gasteiger partial charge in [-0.15, -0.1) is 0 Å². The molecule has 1 heterocycles. The predicted molar refractivity (Wildman–Crippen MR) is 349 cm³/mol. The highest BCUT2D eigenvalue weighted by atomic mass is 15.1. The van der Waals surface area contributed by atoms with Crippen LogP contribution in [0, 0.1) is 0 Å². The molecule has 0 fully saturated rings. The van der Waals surface area contributed by atoms with Crippen LogP contribution >= 0.6 is 0 Å². The predicted octanol–water partition coefficient (Wildman–Crippen LogP) is 22.2. The summed E-state index contributed by atoms with van der Waals surface area (Å²) in [6.07, 6.45) is 0. The van der Waals surface area contributed by atoms with Crippen LogP contribution in [0.4, 0.5) is 17.1 Å². The Morgan fingerprint density at radius 1 is 0.183 bits per heavy atom. The number of nitrogens with zero attached hydrogens (tertiary/aromatic N) is 2. The molecule has 0 aliphatic rings. The summed E-state index contributed by atoms with van der Waals surface area (Å²) >= 11 is 0. The highest BCUT2D eigenvalue weighted by molar-refractivity contribution is 6.11. The van der Waals surface area contributed by atoms with E-state index in [-0.39, 0.29) is 0 Å². The SMILES string of the molecule is c1ccc(-c2ccccc2-c2cccc3c(-c4ccc(N(c5cccc(-c6ccccc6-n6c7ccccc7c7ccccc76)c5)c5cccc(-c6cccc7c(-c8ccccc8-c8ccccc8)cccc67)c5)cc4)cccc23)cc1. The molecule has 384 valence electrons. The highest BCUT2D eigenvalue weighted by Crippen LogP contribution is 2.45. The summed E-state index contributed by atoms with van der Waals surface area (Å²) in [5.41, 5.74) is 23.4. The summed E-state index contributed by atoms with van der Waals surface area (Å²) in [4.78, 5) is 2.42. The smallest absolute Gasteiger partial charge is 0.0541 e. The van der Waals surface area contributed by atoms with Gasteiger partial charge in [-0.2, -0.15) is 0 Å². The van der Waals surface area contributed by atoms with Gasteiger partial charge in [0.2, 0.25) is 0 Å². The van der Waals surface area contributed by atoms with Gasteiger partial charge in [-0.25, -0.2) is 0 Å². The van der Waals surface area contributed by atoms with Gasteiger partial charge in [0.25, 0.3) is 0 Å². The fourth-order valence-electron chi connectivity index (χ4n) is 12.7. The zero-order valence-corrected chi connectivity index (χ0v) is 45.1. The number of benzene rings is 14. The summed E-state index contributed by atoms with van der Waals surface area (Å²) in [6, 6.07) is 120. The molecule has 14 aromatic carbocycles. The number of para-hydroxylation sites is 3. The van der Waals surface area contributed by atoms with E-state index >= 15 is 0 Å². The summed E-state index contributed by atoms with van der Waals surface area (Å²) in [5, 5.41) is 7.36. The van der Waals surface area contributed by atoms with E-state index in [0.717, 1.165) is 45.0 Å². The molecular formula is C80H54N2. The first-order chi connectivity index (χ1) is 40.7. The largest absolute Gasteiger partial charge is 0.310 e. The Kier molecular flexibility index (Phi) is 12.2. The number of rotatable bonds is 11. The van der Waals surface area contributed by atoms with Crippen LogP contribution in [0.25, 0.3) is 127 Å². The molecule has 0 saturated heterocycles. The lowest BCUT2D eigenvalue weighted by molar-refractivity contribution is 1.18. The molecule has 15 rings (SSSR count). The Hall–Kier alpha value is -10.8. The first-order valence-corrected chi connectivity index (χ1v) is 28.2. The third-order valence-electron chi connectivity index (χ3n) is 16.4. The standard InChI is InChI=1S/C80H54N2/c1-3-23-55(24-4-1)63-31-7-9-34-68(63)72-44-21-40-70-65(38-19-42-74(70)72)57-49-51-60(52-50-57)81(62-30-18-28-59(54-62)67-33-11-14-46-78(67)82-79-47-15-12-36-76(79)77-37-13-16-48-80(77)82)61-29-17-27-58(53-61)66-39-20-43-75-71(66)41-22-45-73(75)69-35-10-8-32-64(69)56-25-5-2-6-26-56/h1-54H. The average Bonchev–Trinajstić information content (AvgIpc) is 4.02. The van der Waals surface area contributed by atoms with Crippen LogP contribution in [0.2, 0.25) is 0 Å². The molecule has 0 saturated carbocycles. The van der Waals surface area contributed by atoms with Gasteiger partial charge in [-0.3, -0.25) is 0 Å². The van der Waals surface area contributed by atoms with E-state index < -0.39 is 0 Å². The first kappa shape index (κ1) is 48.3. The van der Waals surface area contributed by atoms with Gasteiger partial charge < -0.3 is 9.47 Å². The van der Waals surface area contributed by atoms with E-state index in [1.165, 1.54) is 99.0 Å². The maximum atomic E-state index is 2.43. The van der Waals surface area contributed by atoms with E-state index in [4.69, 9.17) is 0 Å². The number of hydrogen-bond donors (Lipinski definition) is 0. The van der Waals surface area contributed by atoms with Crippen LogP contribution in [-0.2, 0) is 0 Å². The van der Waals surface area contributed by atoms with Crippen molar-refractivity contribution in [1.29, 1.82) is 0 Å². The van der Waals surface area contributed by atoms with Crippen molar-refractivity contribution in [3.05, 3.63) is 328 Å². The van der Waals surface area contributed by atoms with Gasteiger partial charge in [0.1, 0.15) is 0 Å². The van der Waals surface area contributed by atoms with Gasteiger partial charge in [0.05, 0.1) is 16.7 Å². The second kappa shape index (κ2) is 20.8. The van der Waals surface area contributed by atoms with E-state index in [2.05, 4.69) is 337 Å². The maximum absolute atomic E-state index is 2.43. The fourth-order valence-corrected chi connectivity index (χ4v) is 12.7. The van der Waals surface area contributed by atoms with Crippen molar-refractivity contribution in [3.8, 4) is 83.6 Å². The van der Waals surface area contributed by atoms with Crippen LogP contribution in [0.3, 0.4) is 0 Å². The Bertz CT molecular complexity index is 4800. The van der Waals surface area contributed by atoms with Crippen LogP contribution in [-0.4, -0.2) is 4.57 Å². The van der Waals surface area contributed by atoms with Crippen molar-refractivity contribution in [2.75, 3.05) is 4.90 Å². The van der Waals surface area contributed by atoms with Gasteiger partial charge in [-0.05, 0) is 148 Å². The van der Waals surface area contributed by atoms with E-state index in [1.807, 2.05) is 0 Å². The Morgan fingerprint density at radius 3 is 1.02 bits per heavy atom. The molecule has 0 amide bonds. The second-order valence-electron chi connectivity index (χ2n) is 21.1. The molecule has 0 aliphatic heterocycles. The Balaban J connectivity index is 0.869. The lowest BCUT2D eigenvalue weighted by Crippen LogP contribution is -2.10. The molecule has 2 nitrogen and oxygen atoms in total. The Morgan fingerprint density at radius 2 is 0.512 bits per heavy atom. The van der Waals surface area contributed by atoms with Crippen molar-refractivity contribution < 1.29 is 0 Å². The van der Waals surface area contributed by atoms with E-state index in [1.54, 1.807) is 0 Å². The second-order valence-corrected chi connectivity index (χ2v) is 21.1. The minimum Gasteiger partial charge on any atom is -0.310 e. The van der Waals surface area contributed by atoms with Crippen LogP contribution in [0.15, 0.2) is 328 Å². The lowest BCUT2D eigenvalue weighted by atomic mass is 9.89. The fraction of sp³-hybridized carbons (Fsp3) is 0. The van der Waals surface area contributed by atoms with Gasteiger partial charge in [0.15, 0.2) is 0 Å². The molecule has 0 atom stereocenters. The molecule has 0 N–H and O–H groups in total. The number of fused-ring (bicyclic) bond motifs is 5. The van der Waals surface area contributed by atoms with Crippen molar-refractivity contribution in [2.45, 2.75) is 0 Å². The number of anilines is 3. The highest BCUT2D eigenvalue weighted by Gasteiger charge is 2.21. The minimum absolute atomic E-state index is 1.06. The third kappa shape index (κ3) is 8.53. The molecule has 1 aromatic heterocycles. The monoisotopic (exact) mass is 1040 g/mol. The average molecular weight is 1040 g/mol.